The van der Waals surface area contributed by atoms with E-state index in [4.69, 9.17) is 28.1 Å². The van der Waals surface area contributed by atoms with Crippen molar-refractivity contribution in [1.82, 2.24) is 0 Å². The SMILES string of the molecule is COc1cccc(OC)c1C(=O)Oc1ccc2oc(=O)c(-c3ccc4c(c3)OCO4)c(C)c2c1. The number of hydrogen-bond acceptors (Lipinski definition) is 8. The maximum Gasteiger partial charge on any atom is 0.351 e. The number of aryl methyl sites for hydroxylation is 1. The van der Waals surface area contributed by atoms with E-state index in [-0.39, 0.29) is 18.1 Å². The summed E-state index contributed by atoms with van der Waals surface area (Å²) in [6.45, 7) is 1.95. The molecule has 1 aliphatic rings. The van der Waals surface area contributed by atoms with Gasteiger partial charge in [-0.2, -0.15) is 0 Å². The molecule has 3 aromatic carbocycles. The van der Waals surface area contributed by atoms with Crippen LogP contribution in [0.2, 0.25) is 0 Å². The molecule has 2 heterocycles. The minimum Gasteiger partial charge on any atom is -0.496 e. The van der Waals surface area contributed by atoms with Crippen LogP contribution in [-0.2, 0) is 0 Å². The summed E-state index contributed by atoms with van der Waals surface area (Å²) in [4.78, 5) is 25.8. The predicted molar refractivity (Wildman–Crippen MR) is 123 cm³/mol. The lowest BCUT2D eigenvalue weighted by atomic mass is 9.99. The topological polar surface area (TPSA) is 93.4 Å². The highest BCUT2D eigenvalue weighted by Gasteiger charge is 2.22. The zero-order valence-electron chi connectivity index (χ0n) is 18.7. The van der Waals surface area contributed by atoms with Crippen LogP contribution < -0.4 is 29.3 Å². The predicted octanol–water partition coefficient (Wildman–Crippen LogP) is 4.73. The number of fused-ring (bicyclic) bond motifs is 2. The van der Waals surface area contributed by atoms with Crippen LogP contribution in [0.25, 0.3) is 22.1 Å². The first-order valence-electron chi connectivity index (χ1n) is 10.4. The summed E-state index contributed by atoms with van der Waals surface area (Å²) in [6, 6.07) is 15.1. The number of esters is 1. The second kappa shape index (κ2) is 8.47. The van der Waals surface area contributed by atoms with Crippen molar-refractivity contribution in [3.05, 3.63) is 76.1 Å². The quantitative estimate of drug-likeness (QED) is 0.240. The van der Waals surface area contributed by atoms with E-state index in [2.05, 4.69) is 0 Å². The van der Waals surface area contributed by atoms with Gasteiger partial charge in [0.25, 0.3) is 0 Å². The Balaban J connectivity index is 1.55. The van der Waals surface area contributed by atoms with Crippen LogP contribution in [-0.4, -0.2) is 27.0 Å². The van der Waals surface area contributed by atoms with Crippen molar-refractivity contribution >= 4 is 16.9 Å². The molecule has 8 heteroatoms. The van der Waals surface area contributed by atoms with E-state index in [0.717, 1.165) is 0 Å². The molecular weight excluding hydrogens is 440 g/mol. The third-order valence-corrected chi connectivity index (χ3v) is 5.64. The van der Waals surface area contributed by atoms with Crippen LogP contribution in [0.5, 0.6) is 28.7 Å². The summed E-state index contributed by atoms with van der Waals surface area (Å²) in [5.41, 5.74) is 1.77. The van der Waals surface area contributed by atoms with Gasteiger partial charge in [-0.05, 0) is 60.5 Å². The van der Waals surface area contributed by atoms with Gasteiger partial charge in [-0.25, -0.2) is 9.59 Å². The highest BCUT2D eigenvalue weighted by atomic mass is 16.7. The lowest BCUT2D eigenvalue weighted by Gasteiger charge is -2.13. The Bertz CT molecular complexity index is 1460. The largest absolute Gasteiger partial charge is 0.496 e. The molecule has 0 aliphatic carbocycles. The Labute approximate surface area is 194 Å². The van der Waals surface area contributed by atoms with Crippen LogP contribution in [0.15, 0.2) is 63.8 Å². The van der Waals surface area contributed by atoms with Crippen molar-refractivity contribution in [3.63, 3.8) is 0 Å². The maximum atomic E-state index is 13.0. The van der Waals surface area contributed by atoms with Crippen LogP contribution >= 0.6 is 0 Å². The second-order valence-corrected chi connectivity index (χ2v) is 7.54. The van der Waals surface area contributed by atoms with Crippen molar-refractivity contribution in [1.29, 1.82) is 0 Å². The Kier molecular flexibility index (Phi) is 5.33. The molecule has 0 fully saturated rings. The number of carbonyl (C=O) groups is 1. The Morgan fingerprint density at radius 1 is 0.912 bits per heavy atom. The molecule has 0 saturated heterocycles. The van der Waals surface area contributed by atoms with E-state index in [1.165, 1.54) is 14.2 Å². The van der Waals surface area contributed by atoms with E-state index in [0.29, 0.717) is 50.7 Å². The third kappa shape index (κ3) is 3.59. The molecule has 34 heavy (non-hydrogen) atoms. The van der Waals surface area contributed by atoms with E-state index >= 15 is 0 Å². The molecule has 1 aromatic heterocycles. The Hall–Kier alpha value is -4.46. The molecule has 4 aromatic rings. The Morgan fingerprint density at radius 2 is 1.65 bits per heavy atom. The molecule has 0 amide bonds. The third-order valence-electron chi connectivity index (χ3n) is 5.64. The summed E-state index contributed by atoms with van der Waals surface area (Å²) >= 11 is 0. The van der Waals surface area contributed by atoms with Crippen LogP contribution in [0, 0.1) is 6.92 Å². The number of methoxy groups -OCH3 is 2. The summed E-state index contributed by atoms with van der Waals surface area (Å²) in [7, 11) is 2.93. The van der Waals surface area contributed by atoms with Gasteiger partial charge in [0, 0.05) is 5.39 Å². The van der Waals surface area contributed by atoms with Gasteiger partial charge in [0.1, 0.15) is 28.4 Å². The van der Waals surface area contributed by atoms with E-state index in [9.17, 15) is 9.59 Å². The number of benzene rings is 3. The smallest absolute Gasteiger partial charge is 0.351 e. The first-order valence-corrected chi connectivity index (χ1v) is 10.4. The van der Waals surface area contributed by atoms with Gasteiger partial charge in [0.15, 0.2) is 11.5 Å². The normalized spacial score (nSPS) is 12.0. The fourth-order valence-corrected chi connectivity index (χ4v) is 3.99. The van der Waals surface area contributed by atoms with Gasteiger partial charge >= 0.3 is 11.6 Å². The average Bonchev–Trinajstić information content (AvgIpc) is 3.32. The van der Waals surface area contributed by atoms with Crippen molar-refractivity contribution in [2.24, 2.45) is 0 Å². The highest BCUT2D eigenvalue weighted by molar-refractivity contribution is 5.97. The molecule has 8 nitrogen and oxygen atoms in total. The van der Waals surface area contributed by atoms with Gasteiger partial charge in [-0.3, -0.25) is 0 Å². The minimum absolute atomic E-state index is 0.135. The van der Waals surface area contributed by atoms with Crippen molar-refractivity contribution in [2.75, 3.05) is 21.0 Å². The molecule has 0 saturated carbocycles. The molecular formula is C26H20O8. The maximum absolute atomic E-state index is 13.0. The van der Waals surface area contributed by atoms with Crippen LogP contribution in [0.4, 0.5) is 0 Å². The zero-order valence-corrected chi connectivity index (χ0v) is 18.7. The standard InChI is InChI=1S/C26H20O8/c1-14-17-12-16(33-26(28)24-20(29-2)5-4-6-21(24)30-3)8-10-18(17)34-25(27)23(14)15-7-9-19-22(11-15)32-13-31-19/h4-12H,13H2,1-3H3. The summed E-state index contributed by atoms with van der Waals surface area (Å²) < 4.78 is 32.6. The molecule has 172 valence electrons. The minimum atomic E-state index is -0.639. The molecule has 0 bridgehead atoms. The monoisotopic (exact) mass is 460 g/mol. The second-order valence-electron chi connectivity index (χ2n) is 7.54. The summed E-state index contributed by atoms with van der Waals surface area (Å²) in [6.07, 6.45) is 0. The first-order chi connectivity index (χ1) is 16.5. The summed E-state index contributed by atoms with van der Waals surface area (Å²) in [5, 5.41) is 0.629. The van der Waals surface area contributed by atoms with Gasteiger partial charge in [-0.1, -0.05) is 12.1 Å². The van der Waals surface area contributed by atoms with E-state index in [1.807, 2.05) is 6.92 Å². The van der Waals surface area contributed by atoms with Gasteiger partial charge < -0.3 is 28.1 Å². The number of hydrogen-bond donors (Lipinski definition) is 0. The molecule has 0 radical (unpaired) electrons. The van der Waals surface area contributed by atoms with Gasteiger partial charge in [-0.15, -0.1) is 0 Å². The molecule has 1 aliphatic heterocycles. The number of ether oxygens (including phenoxy) is 5. The lowest BCUT2D eigenvalue weighted by Crippen LogP contribution is -2.12. The van der Waals surface area contributed by atoms with E-state index in [1.54, 1.807) is 54.6 Å². The molecule has 0 N–H and O–H groups in total. The number of carbonyl (C=O) groups excluding carboxylic acids is 1. The molecule has 0 spiro atoms. The highest BCUT2D eigenvalue weighted by Crippen LogP contribution is 2.37. The van der Waals surface area contributed by atoms with Gasteiger partial charge in [0.2, 0.25) is 6.79 Å². The van der Waals surface area contributed by atoms with Crippen molar-refractivity contribution in [3.8, 4) is 39.9 Å². The molecule has 0 atom stereocenters. The average molecular weight is 460 g/mol. The molecule has 5 rings (SSSR count). The summed E-state index contributed by atoms with van der Waals surface area (Å²) in [5.74, 6) is 1.48. The van der Waals surface area contributed by atoms with Crippen LogP contribution in [0.3, 0.4) is 0 Å². The fourth-order valence-electron chi connectivity index (χ4n) is 3.99. The number of rotatable bonds is 5. The van der Waals surface area contributed by atoms with E-state index < -0.39 is 11.6 Å². The zero-order chi connectivity index (χ0) is 23.8. The first kappa shape index (κ1) is 21.4. The van der Waals surface area contributed by atoms with Gasteiger partial charge in [0.05, 0.1) is 19.8 Å². The van der Waals surface area contributed by atoms with Crippen molar-refractivity contribution in [2.45, 2.75) is 6.92 Å². The lowest BCUT2D eigenvalue weighted by molar-refractivity contribution is 0.0727. The molecule has 0 unspecified atom stereocenters. The van der Waals surface area contributed by atoms with Crippen molar-refractivity contribution < 1.29 is 32.9 Å². The van der Waals surface area contributed by atoms with Crippen LogP contribution in [0.1, 0.15) is 15.9 Å². The Morgan fingerprint density at radius 3 is 2.38 bits per heavy atom. The fraction of sp³-hybridized carbons (Fsp3) is 0.154.